The minimum atomic E-state index is -0.617. The van der Waals surface area contributed by atoms with Crippen LogP contribution in [0.4, 0.5) is 0 Å². The SMILES string of the molecule is CNC(=O)[C@H](Cc1ccccc1)N(Cc1ccc(Cl)cc1)C(=O)CSCc1ccc(Br)cc1. The second-order valence-corrected chi connectivity index (χ2v) is 9.92. The first kappa shape index (κ1) is 25.3. The number of nitrogens with one attached hydrogen (secondary N) is 1. The highest BCUT2D eigenvalue weighted by Gasteiger charge is 2.29. The Kier molecular flexibility index (Phi) is 9.85. The molecule has 0 spiro atoms. The predicted octanol–water partition coefficient (Wildman–Crippen LogP) is 5.72. The van der Waals surface area contributed by atoms with E-state index in [1.54, 1.807) is 35.8 Å². The highest BCUT2D eigenvalue weighted by Crippen LogP contribution is 2.20. The van der Waals surface area contributed by atoms with Gasteiger partial charge >= 0.3 is 0 Å². The molecule has 0 aromatic heterocycles. The summed E-state index contributed by atoms with van der Waals surface area (Å²) in [7, 11) is 1.60. The summed E-state index contributed by atoms with van der Waals surface area (Å²) in [6, 6.07) is 24.6. The third kappa shape index (κ3) is 7.91. The number of halogens is 2. The van der Waals surface area contributed by atoms with E-state index in [-0.39, 0.29) is 17.6 Å². The van der Waals surface area contributed by atoms with Gasteiger partial charge < -0.3 is 10.2 Å². The van der Waals surface area contributed by atoms with Crippen LogP contribution < -0.4 is 5.32 Å². The quantitative estimate of drug-likeness (QED) is 0.354. The molecule has 7 heteroatoms. The summed E-state index contributed by atoms with van der Waals surface area (Å²) in [5.41, 5.74) is 3.07. The van der Waals surface area contributed by atoms with Crippen molar-refractivity contribution in [3.05, 3.63) is 105 Å². The Bertz CT molecular complexity index is 1050. The molecule has 3 aromatic rings. The molecule has 172 valence electrons. The van der Waals surface area contributed by atoms with E-state index in [4.69, 9.17) is 11.6 Å². The van der Waals surface area contributed by atoms with Crippen LogP contribution in [-0.4, -0.2) is 35.6 Å². The van der Waals surface area contributed by atoms with Crippen LogP contribution in [0.3, 0.4) is 0 Å². The van der Waals surface area contributed by atoms with Crippen LogP contribution in [-0.2, 0) is 28.3 Å². The van der Waals surface area contributed by atoms with Gasteiger partial charge in [0, 0.05) is 35.3 Å². The third-order valence-corrected chi connectivity index (χ3v) is 6.96. The van der Waals surface area contributed by atoms with Crippen LogP contribution in [0.5, 0.6) is 0 Å². The number of thioether (sulfide) groups is 1. The number of hydrogen-bond acceptors (Lipinski definition) is 3. The summed E-state index contributed by atoms with van der Waals surface area (Å²) in [6.07, 6.45) is 0.442. The lowest BCUT2D eigenvalue weighted by Crippen LogP contribution is -2.50. The van der Waals surface area contributed by atoms with Gasteiger partial charge in [0.2, 0.25) is 11.8 Å². The molecular weight excluding hydrogens is 520 g/mol. The first-order valence-corrected chi connectivity index (χ1v) is 12.9. The maximum Gasteiger partial charge on any atom is 0.242 e. The van der Waals surface area contributed by atoms with Crippen LogP contribution in [0.1, 0.15) is 16.7 Å². The molecule has 1 N–H and O–H groups in total. The largest absolute Gasteiger partial charge is 0.357 e. The van der Waals surface area contributed by atoms with E-state index >= 15 is 0 Å². The summed E-state index contributed by atoms with van der Waals surface area (Å²) >= 11 is 11.0. The van der Waals surface area contributed by atoms with E-state index in [1.165, 1.54) is 0 Å². The number of hydrogen-bond donors (Lipinski definition) is 1. The summed E-state index contributed by atoms with van der Waals surface area (Å²) in [4.78, 5) is 28.0. The summed E-state index contributed by atoms with van der Waals surface area (Å²) < 4.78 is 1.02. The molecule has 0 aliphatic heterocycles. The van der Waals surface area contributed by atoms with E-state index in [0.29, 0.717) is 18.0 Å². The zero-order chi connectivity index (χ0) is 23.6. The van der Waals surface area contributed by atoms with Gasteiger partial charge in [0.05, 0.1) is 5.75 Å². The summed E-state index contributed by atoms with van der Waals surface area (Å²) in [5, 5.41) is 3.37. The van der Waals surface area contributed by atoms with Gasteiger partial charge in [-0.25, -0.2) is 0 Å². The molecule has 33 heavy (non-hydrogen) atoms. The maximum absolute atomic E-state index is 13.4. The number of rotatable bonds is 10. The number of amides is 2. The van der Waals surface area contributed by atoms with Crippen molar-refractivity contribution in [1.29, 1.82) is 0 Å². The van der Waals surface area contributed by atoms with Gasteiger partial charge in [-0.05, 0) is 41.0 Å². The fraction of sp³-hybridized carbons (Fsp3) is 0.231. The molecule has 0 radical (unpaired) electrons. The van der Waals surface area contributed by atoms with Crippen molar-refractivity contribution in [3.63, 3.8) is 0 Å². The smallest absolute Gasteiger partial charge is 0.242 e. The second-order valence-electron chi connectivity index (χ2n) is 7.59. The maximum atomic E-state index is 13.4. The second kappa shape index (κ2) is 12.8. The molecule has 0 heterocycles. The van der Waals surface area contributed by atoms with E-state index in [9.17, 15) is 9.59 Å². The Labute approximate surface area is 212 Å². The van der Waals surface area contributed by atoms with Gasteiger partial charge in [0.15, 0.2) is 0 Å². The molecule has 0 aliphatic carbocycles. The predicted molar refractivity (Wildman–Crippen MR) is 140 cm³/mol. The fourth-order valence-corrected chi connectivity index (χ4v) is 4.69. The molecule has 0 bridgehead atoms. The topological polar surface area (TPSA) is 49.4 Å². The average Bonchev–Trinajstić information content (AvgIpc) is 2.83. The van der Waals surface area contributed by atoms with Crippen LogP contribution in [0.2, 0.25) is 5.02 Å². The summed E-state index contributed by atoms with van der Waals surface area (Å²) in [5.74, 6) is 0.749. The standard InChI is InChI=1S/C26H26BrClN2O2S/c1-29-26(32)24(15-19-5-3-2-4-6-19)30(16-20-9-13-23(28)14-10-20)25(31)18-33-17-21-7-11-22(27)12-8-21/h2-14,24H,15-18H2,1H3,(H,29,32)/t24-/m0/s1. The highest BCUT2D eigenvalue weighted by molar-refractivity contribution is 9.10. The summed E-state index contributed by atoms with van der Waals surface area (Å²) in [6.45, 7) is 0.333. The molecule has 3 rings (SSSR count). The van der Waals surface area contributed by atoms with Gasteiger partial charge in [-0.1, -0.05) is 82.1 Å². The first-order valence-electron chi connectivity index (χ1n) is 10.6. The van der Waals surface area contributed by atoms with Gasteiger partial charge in [-0.2, -0.15) is 0 Å². The molecule has 0 fully saturated rings. The molecular formula is C26H26BrClN2O2S. The van der Waals surface area contributed by atoms with Crippen molar-refractivity contribution < 1.29 is 9.59 Å². The van der Waals surface area contributed by atoms with E-state index in [2.05, 4.69) is 21.2 Å². The van der Waals surface area contributed by atoms with Crippen molar-refractivity contribution in [2.75, 3.05) is 12.8 Å². The van der Waals surface area contributed by atoms with Crippen molar-refractivity contribution in [2.24, 2.45) is 0 Å². The van der Waals surface area contributed by atoms with Crippen molar-refractivity contribution in [1.82, 2.24) is 10.2 Å². The Hall–Kier alpha value is -2.28. The number of carbonyl (C=O) groups excluding carboxylic acids is 2. The molecule has 1 atom stereocenters. The lowest BCUT2D eigenvalue weighted by atomic mass is 10.0. The molecule has 2 amide bonds. The highest BCUT2D eigenvalue weighted by atomic mass is 79.9. The zero-order valence-electron chi connectivity index (χ0n) is 18.3. The normalized spacial score (nSPS) is 11.6. The van der Waals surface area contributed by atoms with Crippen molar-refractivity contribution in [2.45, 2.75) is 24.8 Å². The van der Waals surface area contributed by atoms with Gasteiger partial charge in [0.25, 0.3) is 0 Å². The average molecular weight is 546 g/mol. The lowest BCUT2D eigenvalue weighted by molar-refractivity contribution is -0.139. The lowest BCUT2D eigenvalue weighted by Gasteiger charge is -2.31. The van der Waals surface area contributed by atoms with Crippen molar-refractivity contribution in [3.8, 4) is 0 Å². The van der Waals surface area contributed by atoms with E-state index < -0.39 is 6.04 Å². The molecule has 0 saturated carbocycles. The minimum Gasteiger partial charge on any atom is -0.357 e. The van der Waals surface area contributed by atoms with Crippen LogP contribution in [0.25, 0.3) is 0 Å². The molecule has 4 nitrogen and oxygen atoms in total. The molecule has 0 saturated heterocycles. The Morgan fingerprint density at radius 3 is 2.21 bits per heavy atom. The van der Waals surface area contributed by atoms with Gasteiger partial charge in [0.1, 0.15) is 6.04 Å². The monoisotopic (exact) mass is 544 g/mol. The molecule has 0 aliphatic rings. The minimum absolute atomic E-state index is 0.0726. The molecule has 0 unspecified atom stereocenters. The van der Waals surface area contributed by atoms with Crippen molar-refractivity contribution >= 4 is 51.1 Å². The number of likely N-dealkylation sites (N-methyl/N-ethyl adjacent to an activating group) is 1. The van der Waals surface area contributed by atoms with E-state index in [1.807, 2.05) is 66.7 Å². The van der Waals surface area contributed by atoms with Crippen LogP contribution in [0.15, 0.2) is 83.3 Å². The van der Waals surface area contributed by atoms with Gasteiger partial charge in [-0.3, -0.25) is 9.59 Å². The van der Waals surface area contributed by atoms with Crippen LogP contribution >= 0.6 is 39.3 Å². The van der Waals surface area contributed by atoms with E-state index in [0.717, 1.165) is 26.9 Å². The Balaban J connectivity index is 1.79. The Morgan fingerprint density at radius 1 is 0.939 bits per heavy atom. The Morgan fingerprint density at radius 2 is 1.58 bits per heavy atom. The number of carbonyl (C=O) groups is 2. The van der Waals surface area contributed by atoms with Crippen LogP contribution in [0, 0.1) is 0 Å². The number of benzene rings is 3. The zero-order valence-corrected chi connectivity index (χ0v) is 21.5. The fourth-order valence-electron chi connectivity index (χ4n) is 3.43. The first-order chi connectivity index (χ1) is 16.0. The molecule has 3 aromatic carbocycles. The van der Waals surface area contributed by atoms with Gasteiger partial charge in [-0.15, -0.1) is 11.8 Å². The number of nitrogens with zero attached hydrogens (tertiary/aromatic N) is 1. The third-order valence-electron chi connectivity index (χ3n) is 5.19.